The van der Waals surface area contributed by atoms with E-state index >= 15 is 0 Å². The Morgan fingerprint density at radius 2 is 1.64 bits per heavy atom. The molecule has 2 heterocycles. The van der Waals surface area contributed by atoms with E-state index in [-0.39, 0.29) is 22.0 Å². The second kappa shape index (κ2) is 7.30. The number of rotatable bonds is 6. The fourth-order valence-electron chi connectivity index (χ4n) is 3.46. The Morgan fingerprint density at radius 3 is 2.21 bits per heavy atom. The molecular weight excluding hydrogens is 366 g/mol. The first-order chi connectivity index (χ1) is 13.3. The largest absolute Gasteiger partial charge is 0.477 e. The Kier molecular flexibility index (Phi) is 5.04. The lowest BCUT2D eigenvalue weighted by Crippen LogP contribution is -2.20. The molecule has 3 rings (SSSR count). The fraction of sp³-hybridized carbons (Fsp3) is 0.300. The van der Waals surface area contributed by atoms with Gasteiger partial charge < -0.3 is 19.2 Å². The quantitative estimate of drug-likeness (QED) is 0.625. The number of fused-ring (bicyclic) bond motifs is 2. The van der Waals surface area contributed by atoms with Crippen molar-refractivity contribution in [3.63, 3.8) is 0 Å². The molecule has 0 atom stereocenters. The predicted molar refractivity (Wildman–Crippen MR) is 102 cm³/mol. The summed E-state index contributed by atoms with van der Waals surface area (Å²) in [6.45, 7) is 4.09. The number of hydrogen-bond acceptors (Lipinski definition) is 5. The van der Waals surface area contributed by atoms with E-state index in [1.165, 1.54) is 10.6 Å². The summed E-state index contributed by atoms with van der Waals surface area (Å²) in [5.74, 6) is -3.13. The zero-order valence-electron chi connectivity index (χ0n) is 15.4. The van der Waals surface area contributed by atoms with Gasteiger partial charge in [-0.3, -0.25) is 9.59 Å². The van der Waals surface area contributed by atoms with Crippen molar-refractivity contribution in [3.8, 4) is 0 Å². The summed E-state index contributed by atoms with van der Waals surface area (Å²) in [6, 6.07) is 3.29. The van der Waals surface area contributed by atoms with Crippen LogP contribution in [0.1, 0.15) is 53.3 Å². The number of nitrogens with zero attached hydrogens (tertiary/aromatic N) is 1. The van der Waals surface area contributed by atoms with Crippen LogP contribution >= 0.6 is 0 Å². The van der Waals surface area contributed by atoms with Gasteiger partial charge in [-0.15, -0.1) is 0 Å². The van der Waals surface area contributed by atoms with Crippen LogP contribution in [0.5, 0.6) is 0 Å². The Labute approximate surface area is 158 Å². The van der Waals surface area contributed by atoms with Gasteiger partial charge in [0.15, 0.2) is 10.9 Å². The normalized spacial score (nSPS) is 11.2. The molecule has 0 bridgehead atoms. The molecule has 146 valence electrons. The molecule has 0 aliphatic rings. The molecule has 1 aromatic carbocycles. The SMILES string of the molecule is CCCc1c2oc(C(=O)O)cc(=O)c2cc2c(=O)cc(C(=O)O)n(CCC)c12. The molecule has 0 amide bonds. The first-order valence-electron chi connectivity index (χ1n) is 8.94. The Balaban J connectivity index is 2.65. The molecule has 0 aliphatic heterocycles. The first kappa shape index (κ1) is 19.3. The fourth-order valence-corrected chi connectivity index (χ4v) is 3.46. The van der Waals surface area contributed by atoms with Crippen molar-refractivity contribution < 1.29 is 24.2 Å². The highest BCUT2D eigenvalue weighted by atomic mass is 16.4. The molecule has 28 heavy (non-hydrogen) atoms. The van der Waals surface area contributed by atoms with Gasteiger partial charge >= 0.3 is 11.9 Å². The van der Waals surface area contributed by atoms with Crippen LogP contribution in [0.25, 0.3) is 21.9 Å². The molecule has 0 saturated carbocycles. The molecule has 8 heteroatoms. The second-order valence-electron chi connectivity index (χ2n) is 6.51. The Morgan fingerprint density at radius 1 is 0.964 bits per heavy atom. The molecule has 8 nitrogen and oxygen atoms in total. The van der Waals surface area contributed by atoms with Crippen molar-refractivity contribution in [1.29, 1.82) is 0 Å². The van der Waals surface area contributed by atoms with Gasteiger partial charge in [0.25, 0.3) is 0 Å². The van der Waals surface area contributed by atoms with E-state index in [1.54, 1.807) is 0 Å². The van der Waals surface area contributed by atoms with Crippen LogP contribution in [0.15, 0.2) is 32.2 Å². The number of carboxylic acids is 2. The summed E-state index contributed by atoms with van der Waals surface area (Å²) in [7, 11) is 0. The minimum absolute atomic E-state index is 0.0750. The average molecular weight is 385 g/mol. The lowest BCUT2D eigenvalue weighted by atomic mass is 9.99. The third-order valence-electron chi connectivity index (χ3n) is 4.56. The molecule has 3 aromatic rings. The molecule has 2 aromatic heterocycles. The topological polar surface area (TPSA) is 127 Å². The van der Waals surface area contributed by atoms with Gasteiger partial charge in [-0.05, 0) is 18.9 Å². The minimum Gasteiger partial charge on any atom is -0.477 e. The van der Waals surface area contributed by atoms with E-state index < -0.39 is 28.6 Å². The van der Waals surface area contributed by atoms with Crippen LogP contribution in [-0.4, -0.2) is 26.7 Å². The third kappa shape index (κ3) is 3.06. The van der Waals surface area contributed by atoms with Gasteiger partial charge in [0, 0.05) is 29.6 Å². The van der Waals surface area contributed by atoms with Gasteiger partial charge in [-0.2, -0.15) is 0 Å². The van der Waals surface area contributed by atoms with Crippen molar-refractivity contribution >= 4 is 33.8 Å². The number of pyridine rings is 1. The summed E-state index contributed by atoms with van der Waals surface area (Å²) >= 11 is 0. The van der Waals surface area contributed by atoms with Crippen LogP contribution in [0, 0.1) is 0 Å². The molecule has 0 saturated heterocycles. The van der Waals surface area contributed by atoms with Gasteiger partial charge in [0.05, 0.1) is 10.9 Å². The lowest BCUT2D eigenvalue weighted by molar-refractivity contribution is 0.0659. The summed E-state index contributed by atoms with van der Waals surface area (Å²) in [4.78, 5) is 48.2. The summed E-state index contributed by atoms with van der Waals surface area (Å²) in [6.07, 6.45) is 1.61. The predicted octanol–water partition coefficient (Wildman–Crippen LogP) is 2.87. The van der Waals surface area contributed by atoms with E-state index in [0.717, 1.165) is 12.1 Å². The average Bonchev–Trinajstić information content (AvgIpc) is 2.64. The molecule has 0 fully saturated rings. The van der Waals surface area contributed by atoms with E-state index in [1.807, 2.05) is 13.8 Å². The maximum absolute atomic E-state index is 12.6. The van der Waals surface area contributed by atoms with E-state index in [2.05, 4.69) is 0 Å². The summed E-state index contributed by atoms with van der Waals surface area (Å²) in [5.41, 5.74) is -0.336. The summed E-state index contributed by atoms with van der Waals surface area (Å²) < 4.78 is 7.03. The number of hydrogen-bond donors (Lipinski definition) is 2. The van der Waals surface area contributed by atoms with Gasteiger partial charge in [0.1, 0.15) is 11.3 Å². The maximum Gasteiger partial charge on any atom is 0.371 e. The van der Waals surface area contributed by atoms with Crippen LogP contribution in [0.3, 0.4) is 0 Å². The van der Waals surface area contributed by atoms with Crippen LogP contribution in [0.2, 0.25) is 0 Å². The molecule has 2 N–H and O–H groups in total. The van der Waals surface area contributed by atoms with Gasteiger partial charge in [0.2, 0.25) is 5.76 Å². The van der Waals surface area contributed by atoms with Crippen LogP contribution in [-0.2, 0) is 13.0 Å². The van der Waals surface area contributed by atoms with Gasteiger partial charge in [-0.25, -0.2) is 9.59 Å². The standard InChI is InChI=1S/C20H19NO7/c1-3-5-10-17-11(14(22)8-13(19(24)25)21(17)6-4-2)7-12-15(23)9-16(20(26)27)28-18(10)12/h7-9H,3-6H2,1-2H3,(H,24,25)(H,26,27). The monoisotopic (exact) mass is 385 g/mol. The minimum atomic E-state index is -1.38. The summed E-state index contributed by atoms with van der Waals surface area (Å²) in [5, 5.41) is 19.1. The van der Waals surface area contributed by atoms with Crippen molar-refractivity contribution in [3.05, 3.63) is 55.7 Å². The second-order valence-corrected chi connectivity index (χ2v) is 6.51. The van der Waals surface area contributed by atoms with Crippen LogP contribution in [0.4, 0.5) is 0 Å². The smallest absolute Gasteiger partial charge is 0.371 e. The maximum atomic E-state index is 12.6. The molecule has 0 aliphatic carbocycles. The van der Waals surface area contributed by atoms with E-state index in [9.17, 15) is 29.4 Å². The van der Waals surface area contributed by atoms with Gasteiger partial charge in [-0.1, -0.05) is 20.3 Å². The number of aromatic carboxylic acids is 2. The zero-order chi connectivity index (χ0) is 20.6. The number of aromatic nitrogens is 1. The Hall–Kier alpha value is -3.42. The van der Waals surface area contributed by atoms with E-state index in [0.29, 0.717) is 36.9 Å². The third-order valence-corrected chi connectivity index (χ3v) is 4.56. The number of aryl methyl sites for hydroxylation is 2. The molecule has 0 radical (unpaired) electrons. The highest BCUT2D eigenvalue weighted by molar-refractivity contribution is 6.01. The Bertz CT molecular complexity index is 1230. The van der Waals surface area contributed by atoms with E-state index in [4.69, 9.17) is 4.42 Å². The highest BCUT2D eigenvalue weighted by Gasteiger charge is 2.22. The molecule has 0 spiro atoms. The molecular formula is C20H19NO7. The van der Waals surface area contributed by atoms with Crippen molar-refractivity contribution in [2.45, 2.75) is 39.7 Å². The first-order valence-corrected chi connectivity index (χ1v) is 8.94. The highest BCUT2D eigenvalue weighted by Crippen LogP contribution is 2.28. The van der Waals surface area contributed by atoms with Crippen molar-refractivity contribution in [2.24, 2.45) is 0 Å². The number of benzene rings is 1. The lowest BCUT2D eigenvalue weighted by Gasteiger charge is -2.18. The molecule has 0 unspecified atom stereocenters. The van der Waals surface area contributed by atoms with Crippen molar-refractivity contribution in [1.82, 2.24) is 4.57 Å². The number of carbonyl (C=O) groups is 2. The van der Waals surface area contributed by atoms with Crippen LogP contribution < -0.4 is 10.9 Å². The zero-order valence-corrected chi connectivity index (χ0v) is 15.4. The van der Waals surface area contributed by atoms with Crippen molar-refractivity contribution in [2.75, 3.05) is 0 Å². The number of carboxylic acid groups (broad SMARTS) is 2.